The van der Waals surface area contributed by atoms with E-state index in [1.54, 1.807) is 11.9 Å². The lowest BCUT2D eigenvalue weighted by Crippen LogP contribution is -2.39. The van der Waals surface area contributed by atoms with E-state index in [9.17, 15) is 4.79 Å². The molecule has 20 heavy (non-hydrogen) atoms. The average Bonchev–Trinajstić information content (AvgIpc) is 2.23. The highest BCUT2D eigenvalue weighted by molar-refractivity contribution is 6.76. The number of carbonyl (C=O) groups is 1. The van der Waals surface area contributed by atoms with Gasteiger partial charge < -0.3 is 15.4 Å². The first-order valence-electron chi connectivity index (χ1n) is 7.54. The van der Waals surface area contributed by atoms with Crippen LogP contribution < -0.4 is 5.73 Å². The van der Waals surface area contributed by atoms with E-state index < -0.39 is 8.07 Å². The number of nitrogens with zero attached hydrogens (tertiary/aromatic N) is 1. The summed E-state index contributed by atoms with van der Waals surface area (Å²) in [5.74, 6) is 0. The molecule has 0 aliphatic heterocycles. The lowest BCUT2D eigenvalue weighted by molar-refractivity contribution is 0.113. The summed E-state index contributed by atoms with van der Waals surface area (Å²) in [6.45, 7) is 14.5. The van der Waals surface area contributed by atoms with Gasteiger partial charge in [0.15, 0.2) is 0 Å². The standard InChI is InChI=1S/C15H34N2O2Si/c1-15(2,3)9-8-13(16)12-17(4)14(18)19-10-11-20(5,6)7/h13H,8-12,16H2,1-7H3. The molecule has 0 aromatic heterocycles. The van der Waals surface area contributed by atoms with Crippen LogP contribution in [0.25, 0.3) is 0 Å². The van der Waals surface area contributed by atoms with Crippen molar-refractivity contribution in [1.82, 2.24) is 4.90 Å². The van der Waals surface area contributed by atoms with Crippen LogP contribution in [-0.2, 0) is 4.74 Å². The Bertz CT molecular complexity index is 295. The molecule has 0 aliphatic carbocycles. The number of amides is 1. The Kier molecular flexibility index (Phi) is 7.81. The number of nitrogens with two attached hydrogens (primary N) is 1. The molecule has 5 heteroatoms. The largest absolute Gasteiger partial charge is 0.450 e. The van der Waals surface area contributed by atoms with E-state index in [1.807, 2.05) is 0 Å². The van der Waals surface area contributed by atoms with Crippen LogP contribution in [0.15, 0.2) is 0 Å². The highest BCUT2D eigenvalue weighted by Crippen LogP contribution is 2.21. The number of carbonyl (C=O) groups excluding carboxylic acids is 1. The highest BCUT2D eigenvalue weighted by Gasteiger charge is 2.18. The summed E-state index contributed by atoms with van der Waals surface area (Å²) < 4.78 is 5.29. The zero-order valence-corrected chi connectivity index (χ0v) is 15.5. The summed E-state index contributed by atoms with van der Waals surface area (Å²) >= 11 is 0. The fourth-order valence-corrected chi connectivity index (χ4v) is 2.41. The van der Waals surface area contributed by atoms with E-state index in [2.05, 4.69) is 40.4 Å². The van der Waals surface area contributed by atoms with Gasteiger partial charge in [-0.3, -0.25) is 0 Å². The van der Waals surface area contributed by atoms with Crippen molar-refractivity contribution in [3.63, 3.8) is 0 Å². The number of hydrogen-bond acceptors (Lipinski definition) is 3. The van der Waals surface area contributed by atoms with Gasteiger partial charge in [0.1, 0.15) is 0 Å². The minimum Gasteiger partial charge on any atom is -0.450 e. The summed E-state index contributed by atoms with van der Waals surface area (Å²) in [6.07, 6.45) is 1.73. The van der Waals surface area contributed by atoms with Gasteiger partial charge in [-0.15, -0.1) is 0 Å². The summed E-state index contributed by atoms with van der Waals surface area (Å²) in [4.78, 5) is 13.4. The van der Waals surface area contributed by atoms with Crippen LogP contribution in [0.5, 0.6) is 0 Å². The lowest BCUT2D eigenvalue weighted by atomic mass is 9.89. The second kappa shape index (κ2) is 8.03. The fourth-order valence-electron chi connectivity index (χ4n) is 1.69. The molecule has 0 spiro atoms. The molecule has 2 N–H and O–H groups in total. The van der Waals surface area contributed by atoms with Gasteiger partial charge in [-0.2, -0.15) is 0 Å². The van der Waals surface area contributed by atoms with Gasteiger partial charge in [0.05, 0.1) is 6.61 Å². The van der Waals surface area contributed by atoms with Gasteiger partial charge in [-0.05, 0) is 24.3 Å². The molecular formula is C15H34N2O2Si. The first-order valence-corrected chi connectivity index (χ1v) is 11.2. The highest BCUT2D eigenvalue weighted by atomic mass is 28.3. The minimum absolute atomic E-state index is 0.0174. The third-order valence-corrected chi connectivity index (χ3v) is 4.87. The maximum absolute atomic E-state index is 11.8. The lowest BCUT2D eigenvalue weighted by Gasteiger charge is -2.25. The minimum atomic E-state index is -1.14. The number of likely N-dealkylation sites (N-methyl/N-ethyl adjacent to an activating group) is 1. The maximum atomic E-state index is 11.8. The van der Waals surface area contributed by atoms with E-state index in [0.29, 0.717) is 13.2 Å². The Hall–Kier alpha value is -0.553. The molecule has 1 amide bonds. The first-order chi connectivity index (χ1) is 8.91. The molecule has 1 unspecified atom stereocenters. The molecule has 0 saturated heterocycles. The van der Waals surface area contributed by atoms with Gasteiger partial charge in [-0.25, -0.2) is 4.79 Å². The van der Waals surface area contributed by atoms with Crippen LogP contribution in [0.1, 0.15) is 33.6 Å². The van der Waals surface area contributed by atoms with Crippen LogP contribution in [0.4, 0.5) is 4.79 Å². The summed E-state index contributed by atoms with van der Waals surface area (Å²) in [5, 5.41) is 0. The Balaban J connectivity index is 3.95. The smallest absolute Gasteiger partial charge is 0.409 e. The van der Waals surface area contributed by atoms with Crippen molar-refractivity contribution in [2.45, 2.75) is 65.3 Å². The molecule has 0 rings (SSSR count). The number of hydrogen-bond donors (Lipinski definition) is 1. The van der Waals surface area contributed by atoms with E-state index in [0.717, 1.165) is 18.9 Å². The van der Waals surface area contributed by atoms with Crippen molar-refractivity contribution >= 4 is 14.2 Å². The number of rotatable bonds is 7. The van der Waals surface area contributed by atoms with Crippen LogP contribution in [-0.4, -0.2) is 45.3 Å². The van der Waals surface area contributed by atoms with Crippen molar-refractivity contribution in [2.24, 2.45) is 11.1 Å². The average molecular weight is 303 g/mol. The summed E-state index contributed by atoms with van der Waals surface area (Å²) in [5.41, 5.74) is 6.36. The molecule has 4 nitrogen and oxygen atoms in total. The van der Waals surface area contributed by atoms with Crippen molar-refractivity contribution in [2.75, 3.05) is 20.2 Å². The predicted octanol–water partition coefficient (Wildman–Crippen LogP) is 3.55. The Morgan fingerprint density at radius 1 is 1.30 bits per heavy atom. The van der Waals surface area contributed by atoms with E-state index >= 15 is 0 Å². The molecule has 120 valence electrons. The van der Waals surface area contributed by atoms with Crippen LogP contribution in [0.2, 0.25) is 25.7 Å². The maximum Gasteiger partial charge on any atom is 0.409 e. The second-order valence-corrected chi connectivity index (χ2v) is 13.8. The predicted molar refractivity (Wildman–Crippen MR) is 88.8 cm³/mol. The molecule has 0 fully saturated rings. The van der Waals surface area contributed by atoms with Crippen LogP contribution in [0.3, 0.4) is 0 Å². The zero-order chi connectivity index (χ0) is 16.0. The van der Waals surface area contributed by atoms with E-state index in [1.165, 1.54) is 0 Å². The Morgan fingerprint density at radius 2 is 1.85 bits per heavy atom. The van der Waals surface area contributed by atoms with Gasteiger partial charge >= 0.3 is 6.09 Å². The van der Waals surface area contributed by atoms with Crippen molar-refractivity contribution in [3.05, 3.63) is 0 Å². The molecular weight excluding hydrogens is 268 g/mol. The van der Waals surface area contributed by atoms with E-state index in [4.69, 9.17) is 10.5 Å². The normalized spacial score (nSPS) is 14.0. The molecule has 0 aromatic carbocycles. The van der Waals surface area contributed by atoms with Crippen molar-refractivity contribution in [1.29, 1.82) is 0 Å². The first kappa shape index (κ1) is 19.4. The van der Waals surface area contributed by atoms with E-state index in [-0.39, 0.29) is 17.6 Å². The van der Waals surface area contributed by atoms with Gasteiger partial charge in [0.2, 0.25) is 0 Å². The van der Waals surface area contributed by atoms with Crippen LogP contribution >= 0.6 is 0 Å². The molecule has 0 aliphatic rings. The third-order valence-electron chi connectivity index (χ3n) is 3.16. The summed E-state index contributed by atoms with van der Waals surface area (Å²) in [6, 6.07) is 1.02. The Morgan fingerprint density at radius 3 is 2.30 bits per heavy atom. The fraction of sp³-hybridized carbons (Fsp3) is 0.933. The third kappa shape index (κ3) is 11.3. The molecule has 0 bridgehead atoms. The molecule has 0 heterocycles. The Labute approximate surface area is 126 Å². The summed E-state index contributed by atoms with van der Waals surface area (Å²) in [7, 11) is 0.613. The van der Waals surface area contributed by atoms with Gasteiger partial charge in [0.25, 0.3) is 0 Å². The SMILES string of the molecule is CN(CC(N)CCC(C)(C)C)C(=O)OCC[Si](C)(C)C. The zero-order valence-electron chi connectivity index (χ0n) is 14.5. The quantitative estimate of drug-likeness (QED) is 0.732. The molecule has 0 radical (unpaired) electrons. The molecule has 0 aromatic rings. The molecule has 0 saturated carbocycles. The van der Waals surface area contributed by atoms with Crippen molar-refractivity contribution < 1.29 is 9.53 Å². The van der Waals surface area contributed by atoms with Gasteiger partial charge in [-0.1, -0.05) is 40.4 Å². The second-order valence-electron chi connectivity index (χ2n) is 8.16. The van der Waals surface area contributed by atoms with Crippen molar-refractivity contribution in [3.8, 4) is 0 Å². The molecule has 1 atom stereocenters. The monoisotopic (exact) mass is 302 g/mol. The van der Waals surface area contributed by atoms with Crippen LogP contribution in [0, 0.1) is 5.41 Å². The number of ether oxygens (including phenoxy) is 1. The topological polar surface area (TPSA) is 55.6 Å². The van der Waals surface area contributed by atoms with Gasteiger partial charge in [0, 0.05) is 27.7 Å².